The molecule has 0 spiro atoms. The molecule has 2 fully saturated rings. The zero-order valence-electron chi connectivity index (χ0n) is 13.7. The largest absolute Gasteiger partial charge is 0.381 e. The molecule has 0 aromatic heterocycles. The predicted molar refractivity (Wildman–Crippen MR) is 91.8 cm³/mol. The van der Waals surface area contributed by atoms with Crippen molar-refractivity contribution in [1.29, 1.82) is 0 Å². The van der Waals surface area contributed by atoms with Crippen LogP contribution in [0.5, 0.6) is 0 Å². The summed E-state index contributed by atoms with van der Waals surface area (Å²) < 4.78 is 5.54. The number of ether oxygens (including phenoxy) is 1. The van der Waals surface area contributed by atoms with Gasteiger partial charge in [0.25, 0.3) is 0 Å². The number of carbonyl (C=O) groups excluding carboxylic acids is 1. The Morgan fingerprint density at radius 2 is 2.00 bits per heavy atom. The molecule has 2 aliphatic rings. The lowest BCUT2D eigenvalue weighted by molar-refractivity contribution is -0.142. The lowest BCUT2D eigenvalue weighted by atomic mass is 9.72. The van der Waals surface area contributed by atoms with Crippen molar-refractivity contribution in [2.24, 2.45) is 0 Å². The van der Waals surface area contributed by atoms with Crippen molar-refractivity contribution in [1.82, 2.24) is 10.2 Å². The molecule has 0 aliphatic carbocycles. The molecule has 5 heteroatoms. The van der Waals surface area contributed by atoms with Gasteiger partial charge in [0.05, 0.1) is 5.41 Å². The molecule has 126 valence electrons. The van der Waals surface area contributed by atoms with Crippen LogP contribution < -0.4 is 5.32 Å². The van der Waals surface area contributed by atoms with Gasteiger partial charge in [-0.1, -0.05) is 23.7 Å². The molecule has 1 aromatic carbocycles. The van der Waals surface area contributed by atoms with Crippen molar-refractivity contribution in [3.05, 3.63) is 34.9 Å². The Balaban J connectivity index is 1.89. The Kier molecular flexibility index (Phi) is 5.24. The number of nitrogens with one attached hydrogen (secondary N) is 1. The number of hydrogen-bond acceptors (Lipinski definition) is 3. The Morgan fingerprint density at radius 3 is 2.65 bits per heavy atom. The quantitative estimate of drug-likeness (QED) is 0.922. The summed E-state index contributed by atoms with van der Waals surface area (Å²) >= 11 is 6.03. The summed E-state index contributed by atoms with van der Waals surface area (Å²) in [6.45, 7) is 2.92. The van der Waals surface area contributed by atoms with E-state index in [0.717, 1.165) is 44.3 Å². The highest BCUT2D eigenvalue weighted by atomic mass is 35.5. The second-order valence-corrected chi connectivity index (χ2v) is 7.02. The van der Waals surface area contributed by atoms with Crippen molar-refractivity contribution in [2.75, 3.05) is 33.4 Å². The number of piperidine rings is 1. The molecule has 0 unspecified atom stereocenters. The smallest absolute Gasteiger partial charge is 0.233 e. The van der Waals surface area contributed by atoms with Gasteiger partial charge in [-0.05, 0) is 50.4 Å². The number of amides is 1. The molecule has 0 radical (unpaired) electrons. The lowest BCUT2D eigenvalue weighted by Crippen LogP contribution is -2.55. The Labute approximate surface area is 143 Å². The van der Waals surface area contributed by atoms with Crippen molar-refractivity contribution in [3.63, 3.8) is 0 Å². The van der Waals surface area contributed by atoms with E-state index in [9.17, 15) is 4.79 Å². The number of likely N-dealkylation sites (N-methyl/N-ethyl adjacent to an activating group) is 1. The maximum absolute atomic E-state index is 13.4. The number of nitrogens with zero attached hydrogens (tertiary/aromatic N) is 1. The van der Waals surface area contributed by atoms with Crippen LogP contribution in [0.15, 0.2) is 24.3 Å². The summed E-state index contributed by atoms with van der Waals surface area (Å²) in [6.07, 6.45) is 3.68. The fraction of sp³-hybridized carbons (Fsp3) is 0.611. The number of halogens is 1. The maximum Gasteiger partial charge on any atom is 0.233 e. The highest BCUT2D eigenvalue weighted by Crippen LogP contribution is 2.38. The lowest BCUT2D eigenvalue weighted by Gasteiger charge is -2.42. The van der Waals surface area contributed by atoms with Crippen LogP contribution in [0.2, 0.25) is 5.02 Å². The van der Waals surface area contributed by atoms with Gasteiger partial charge >= 0.3 is 0 Å². The number of carbonyl (C=O) groups is 1. The first-order chi connectivity index (χ1) is 11.2. The molecular formula is C18H25ClN2O2. The fourth-order valence-electron chi connectivity index (χ4n) is 3.81. The van der Waals surface area contributed by atoms with Crippen molar-refractivity contribution < 1.29 is 9.53 Å². The zero-order valence-corrected chi connectivity index (χ0v) is 14.4. The van der Waals surface area contributed by atoms with Crippen LogP contribution in [0.1, 0.15) is 31.2 Å². The highest BCUT2D eigenvalue weighted by Gasteiger charge is 2.44. The fourth-order valence-corrected chi connectivity index (χ4v) is 3.94. The van der Waals surface area contributed by atoms with Crippen molar-refractivity contribution in [3.8, 4) is 0 Å². The van der Waals surface area contributed by atoms with Crippen LogP contribution >= 0.6 is 11.6 Å². The third-order valence-corrected chi connectivity index (χ3v) is 5.52. The Bertz CT molecular complexity index is 540. The Hall–Kier alpha value is -1.10. The number of rotatable bonds is 3. The summed E-state index contributed by atoms with van der Waals surface area (Å²) in [5.74, 6) is 0.253. The van der Waals surface area contributed by atoms with Crippen LogP contribution in [0.3, 0.4) is 0 Å². The second kappa shape index (κ2) is 7.20. The highest BCUT2D eigenvalue weighted by molar-refractivity contribution is 6.30. The third-order valence-electron chi connectivity index (χ3n) is 5.27. The molecule has 1 amide bonds. The minimum atomic E-state index is -0.460. The van der Waals surface area contributed by atoms with Crippen molar-refractivity contribution in [2.45, 2.75) is 37.1 Å². The standard InChI is InChI=1S/C18H25ClN2O2/c1-20-16-3-2-10-21(13-16)17(22)18(8-11-23-12-9-18)14-4-6-15(19)7-5-14/h4-7,16,20H,2-3,8-13H2,1H3/t16-/m1/s1. The molecule has 2 saturated heterocycles. The minimum absolute atomic E-state index is 0.253. The van der Waals surface area contributed by atoms with E-state index in [-0.39, 0.29) is 5.91 Å². The number of likely N-dealkylation sites (tertiary alicyclic amines) is 1. The SMILES string of the molecule is CN[C@@H]1CCCN(C(=O)C2(c3ccc(Cl)cc3)CCOCC2)C1. The van der Waals surface area contributed by atoms with Gasteiger partial charge in [0.15, 0.2) is 0 Å². The monoisotopic (exact) mass is 336 g/mol. The van der Waals surface area contributed by atoms with Gasteiger partial charge in [0.2, 0.25) is 5.91 Å². The molecule has 2 heterocycles. The summed E-state index contributed by atoms with van der Waals surface area (Å²) in [7, 11) is 1.97. The van der Waals surface area contributed by atoms with Crippen LogP contribution in [-0.4, -0.2) is 50.2 Å². The molecule has 0 bridgehead atoms. The number of benzene rings is 1. The van der Waals surface area contributed by atoms with Crippen LogP contribution in [0, 0.1) is 0 Å². The van der Waals surface area contributed by atoms with Gasteiger partial charge in [0, 0.05) is 37.4 Å². The molecule has 1 aromatic rings. The summed E-state index contributed by atoms with van der Waals surface area (Å²) in [6, 6.07) is 8.17. The minimum Gasteiger partial charge on any atom is -0.381 e. The molecule has 3 rings (SSSR count). The van der Waals surface area contributed by atoms with Gasteiger partial charge in [-0.15, -0.1) is 0 Å². The molecule has 2 aliphatic heterocycles. The molecule has 4 nitrogen and oxygen atoms in total. The third kappa shape index (κ3) is 3.39. The normalized spacial score (nSPS) is 24.4. The average Bonchev–Trinajstić information content (AvgIpc) is 2.62. The molecule has 1 atom stereocenters. The van der Waals surface area contributed by atoms with E-state index < -0.39 is 5.41 Å². The molecular weight excluding hydrogens is 312 g/mol. The van der Waals surface area contributed by atoms with Crippen LogP contribution in [0.4, 0.5) is 0 Å². The average molecular weight is 337 g/mol. The first kappa shape index (κ1) is 16.7. The Morgan fingerprint density at radius 1 is 1.30 bits per heavy atom. The maximum atomic E-state index is 13.4. The van der Waals surface area contributed by atoms with Gasteiger partial charge in [-0.2, -0.15) is 0 Å². The van der Waals surface area contributed by atoms with Crippen LogP contribution in [0.25, 0.3) is 0 Å². The van der Waals surface area contributed by atoms with Gasteiger partial charge in [-0.25, -0.2) is 0 Å². The number of hydrogen-bond donors (Lipinski definition) is 1. The van der Waals surface area contributed by atoms with E-state index in [4.69, 9.17) is 16.3 Å². The van der Waals surface area contributed by atoms with Crippen molar-refractivity contribution >= 4 is 17.5 Å². The zero-order chi connectivity index (χ0) is 16.3. The van der Waals surface area contributed by atoms with Crippen LogP contribution in [-0.2, 0) is 14.9 Å². The van der Waals surface area contributed by atoms with Gasteiger partial charge < -0.3 is 15.0 Å². The van der Waals surface area contributed by atoms with E-state index in [2.05, 4.69) is 5.32 Å². The summed E-state index contributed by atoms with van der Waals surface area (Å²) in [5.41, 5.74) is 0.611. The van der Waals surface area contributed by atoms with E-state index in [1.54, 1.807) is 0 Å². The van der Waals surface area contributed by atoms with Gasteiger partial charge in [-0.3, -0.25) is 4.79 Å². The molecule has 23 heavy (non-hydrogen) atoms. The van der Waals surface area contributed by atoms with E-state index in [1.165, 1.54) is 0 Å². The second-order valence-electron chi connectivity index (χ2n) is 6.58. The summed E-state index contributed by atoms with van der Waals surface area (Å²) in [4.78, 5) is 15.5. The van der Waals surface area contributed by atoms with E-state index in [1.807, 2.05) is 36.2 Å². The van der Waals surface area contributed by atoms with E-state index in [0.29, 0.717) is 24.3 Å². The molecule has 1 N–H and O–H groups in total. The summed E-state index contributed by atoms with van der Waals surface area (Å²) in [5, 5.41) is 4.02. The molecule has 0 saturated carbocycles. The first-order valence-corrected chi connectivity index (χ1v) is 8.84. The van der Waals surface area contributed by atoms with Gasteiger partial charge in [0.1, 0.15) is 0 Å². The topological polar surface area (TPSA) is 41.6 Å². The van der Waals surface area contributed by atoms with E-state index >= 15 is 0 Å². The first-order valence-electron chi connectivity index (χ1n) is 8.46. The predicted octanol–water partition coefficient (Wildman–Crippen LogP) is 2.60.